The van der Waals surface area contributed by atoms with E-state index in [1.54, 1.807) is 0 Å². The zero-order chi connectivity index (χ0) is 12.9. The van der Waals surface area contributed by atoms with Gasteiger partial charge in [-0.1, -0.05) is 20.3 Å². The molecule has 2 nitrogen and oxygen atoms in total. The van der Waals surface area contributed by atoms with Crippen LogP contribution in [0.4, 0.5) is 0 Å². The van der Waals surface area contributed by atoms with E-state index in [-0.39, 0.29) is 5.60 Å². The highest BCUT2D eigenvalue weighted by Gasteiger charge is 2.25. The molecule has 0 aliphatic heterocycles. The van der Waals surface area contributed by atoms with E-state index in [0.29, 0.717) is 11.5 Å². The largest absolute Gasteiger partial charge is 0.375 e. The summed E-state index contributed by atoms with van der Waals surface area (Å²) >= 11 is 0. The van der Waals surface area contributed by atoms with Crippen molar-refractivity contribution in [1.82, 2.24) is 5.32 Å². The Balaban J connectivity index is 2.32. The van der Waals surface area contributed by atoms with Crippen LogP contribution in [0, 0.1) is 5.41 Å². The fourth-order valence-electron chi connectivity index (χ4n) is 2.70. The van der Waals surface area contributed by atoms with Crippen molar-refractivity contribution in [3.05, 3.63) is 0 Å². The van der Waals surface area contributed by atoms with E-state index < -0.39 is 0 Å². The lowest BCUT2D eigenvalue weighted by Gasteiger charge is -2.28. The Hall–Kier alpha value is -0.0800. The molecule has 0 heterocycles. The van der Waals surface area contributed by atoms with Crippen LogP contribution in [0.3, 0.4) is 0 Å². The number of rotatable bonds is 5. The highest BCUT2D eigenvalue weighted by atomic mass is 16.5. The Morgan fingerprint density at radius 3 is 2.59 bits per heavy atom. The van der Waals surface area contributed by atoms with Crippen molar-refractivity contribution >= 4 is 0 Å². The summed E-state index contributed by atoms with van der Waals surface area (Å²) in [5.41, 5.74) is 0.516. The fraction of sp³-hybridized carbons (Fsp3) is 1.00. The van der Waals surface area contributed by atoms with Gasteiger partial charge in [0, 0.05) is 19.2 Å². The van der Waals surface area contributed by atoms with E-state index in [2.05, 4.69) is 39.9 Å². The first kappa shape index (κ1) is 15.0. The van der Waals surface area contributed by atoms with Gasteiger partial charge in [0.2, 0.25) is 0 Å². The predicted molar refractivity (Wildman–Crippen MR) is 74.4 cm³/mol. The maximum atomic E-state index is 5.73. The van der Waals surface area contributed by atoms with Crippen LogP contribution < -0.4 is 5.32 Å². The maximum absolute atomic E-state index is 5.73. The molecule has 0 aromatic rings. The zero-order valence-corrected chi connectivity index (χ0v) is 12.4. The normalized spacial score (nSPS) is 25.6. The average Bonchev–Trinajstić information content (AvgIpc) is 2.37. The van der Waals surface area contributed by atoms with E-state index in [0.717, 1.165) is 13.2 Å². The van der Waals surface area contributed by atoms with Crippen molar-refractivity contribution in [1.29, 1.82) is 0 Å². The highest BCUT2D eigenvalue weighted by molar-refractivity contribution is 4.82. The molecule has 0 saturated heterocycles. The molecule has 0 spiro atoms. The molecule has 0 aromatic heterocycles. The molecule has 1 N–H and O–H groups in total. The SMILES string of the molecule is CCOC(C)(C)CNC1CCCC(C)(C)CC1. The van der Waals surface area contributed by atoms with Gasteiger partial charge in [-0.25, -0.2) is 0 Å². The Morgan fingerprint density at radius 2 is 1.94 bits per heavy atom. The summed E-state index contributed by atoms with van der Waals surface area (Å²) in [6.45, 7) is 13.0. The third-order valence-corrected chi connectivity index (χ3v) is 3.93. The van der Waals surface area contributed by atoms with Gasteiger partial charge in [0.25, 0.3) is 0 Å². The second-order valence-electron chi connectivity index (χ2n) is 6.87. The molecule has 2 heteroatoms. The van der Waals surface area contributed by atoms with Crippen LogP contribution in [0.5, 0.6) is 0 Å². The molecular formula is C15H31NO. The molecule has 0 bridgehead atoms. The summed E-state index contributed by atoms with van der Waals surface area (Å²) in [6.07, 6.45) is 6.72. The number of nitrogens with one attached hydrogen (secondary N) is 1. The summed E-state index contributed by atoms with van der Waals surface area (Å²) in [5, 5.41) is 3.70. The summed E-state index contributed by atoms with van der Waals surface area (Å²) in [5.74, 6) is 0. The van der Waals surface area contributed by atoms with Crippen LogP contribution >= 0.6 is 0 Å². The second kappa shape index (κ2) is 6.19. The third kappa shape index (κ3) is 5.87. The Kier molecular flexibility index (Phi) is 5.46. The van der Waals surface area contributed by atoms with E-state index in [9.17, 15) is 0 Å². The van der Waals surface area contributed by atoms with Crippen LogP contribution in [0.25, 0.3) is 0 Å². The van der Waals surface area contributed by atoms with Crippen molar-refractivity contribution in [2.24, 2.45) is 5.41 Å². The van der Waals surface area contributed by atoms with Gasteiger partial charge in [-0.05, 0) is 51.9 Å². The Labute approximate surface area is 108 Å². The minimum absolute atomic E-state index is 0.0312. The van der Waals surface area contributed by atoms with E-state index in [4.69, 9.17) is 4.74 Å². The molecule has 1 fully saturated rings. The van der Waals surface area contributed by atoms with Crippen molar-refractivity contribution < 1.29 is 4.74 Å². The standard InChI is InChI=1S/C15H31NO/c1-6-17-15(4,5)12-16-13-8-7-10-14(2,3)11-9-13/h13,16H,6-12H2,1-5H3. The maximum Gasteiger partial charge on any atom is 0.0750 e. The molecule has 1 saturated carbocycles. The van der Waals surface area contributed by atoms with E-state index in [1.807, 2.05) is 0 Å². The molecule has 102 valence electrons. The molecule has 0 radical (unpaired) electrons. The average molecular weight is 241 g/mol. The number of ether oxygens (including phenoxy) is 1. The highest BCUT2D eigenvalue weighted by Crippen LogP contribution is 2.33. The van der Waals surface area contributed by atoms with E-state index >= 15 is 0 Å². The second-order valence-corrected chi connectivity index (χ2v) is 6.87. The molecule has 0 aromatic carbocycles. The van der Waals surface area contributed by atoms with Gasteiger partial charge in [0.15, 0.2) is 0 Å². The minimum Gasteiger partial charge on any atom is -0.375 e. The smallest absolute Gasteiger partial charge is 0.0750 e. The predicted octanol–water partition coefficient (Wildman–Crippen LogP) is 3.75. The minimum atomic E-state index is -0.0312. The van der Waals surface area contributed by atoms with Gasteiger partial charge in [-0.2, -0.15) is 0 Å². The molecule has 17 heavy (non-hydrogen) atoms. The molecule has 1 atom stereocenters. The molecule has 0 amide bonds. The van der Waals surface area contributed by atoms with Crippen LogP contribution in [0.15, 0.2) is 0 Å². The summed E-state index contributed by atoms with van der Waals surface area (Å²) < 4.78 is 5.73. The molecule has 1 aliphatic rings. The van der Waals surface area contributed by atoms with Crippen molar-refractivity contribution in [2.75, 3.05) is 13.2 Å². The van der Waals surface area contributed by atoms with Crippen LogP contribution in [0.2, 0.25) is 0 Å². The van der Waals surface area contributed by atoms with Crippen LogP contribution in [0.1, 0.15) is 66.7 Å². The fourth-order valence-corrected chi connectivity index (χ4v) is 2.70. The first-order valence-corrected chi connectivity index (χ1v) is 7.22. The lowest BCUT2D eigenvalue weighted by Crippen LogP contribution is -2.42. The summed E-state index contributed by atoms with van der Waals surface area (Å²) in [7, 11) is 0. The zero-order valence-electron chi connectivity index (χ0n) is 12.4. The van der Waals surface area contributed by atoms with Gasteiger partial charge in [0.1, 0.15) is 0 Å². The van der Waals surface area contributed by atoms with Gasteiger partial charge in [-0.3, -0.25) is 0 Å². The lowest BCUT2D eigenvalue weighted by molar-refractivity contribution is -0.0109. The summed E-state index contributed by atoms with van der Waals surface area (Å²) in [6, 6.07) is 0.691. The number of hydrogen-bond acceptors (Lipinski definition) is 2. The van der Waals surface area contributed by atoms with Crippen LogP contribution in [-0.2, 0) is 4.74 Å². The molecule has 1 unspecified atom stereocenters. The van der Waals surface area contributed by atoms with Gasteiger partial charge in [-0.15, -0.1) is 0 Å². The monoisotopic (exact) mass is 241 g/mol. The van der Waals surface area contributed by atoms with Gasteiger partial charge >= 0.3 is 0 Å². The quantitative estimate of drug-likeness (QED) is 0.740. The van der Waals surface area contributed by atoms with Crippen molar-refractivity contribution in [2.45, 2.75) is 78.4 Å². The van der Waals surface area contributed by atoms with Crippen molar-refractivity contribution in [3.63, 3.8) is 0 Å². The molecule has 1 rings (SSSR count). The number of hydrogen-bond donors (Lipinski definition) is 1. The first-order valence-electron chi connectivity index (χ1n) is 7.22. The Morgan fingerprint density at radius 1 is 1.24 bits per heavy atom. The van der Waals surface area contributed by atoms with Gasteiger partial charge < -0.3 is 10.1 Å². The topological polar surface area (TPSA) is 21.3 Å². The Bertz CT molecular complexity index is 223. The summed E-state index contributed by atoms with van der Waals surface area (Å²) in [4.78, 5) is 0. The lowest BCUT2D eigenvalue weighted by atomic mass is 9.85. The molecular weight excluding hydrogens is 210 g/mol. The first-order chi connectivity index (χ1) is 7.85. The van der Waals surface area contributed by atoms with E-state index in [1.165, 1.54) is 32.1 Å². The molecule has 1 aliphatic carbocycles. The van der Waals surface area contributed by atoms with Crippen LogP contribution in [-0.4, -0.2) is 24.8 Å². The third-order valence-electron chi connectivity index (χ3n) is 3.93. The van der Waals surface area contributed by atoms with Crippen molar-refractivity contribution in [3.8, 4) is 0 Å². The van der Waals surface area contributed by atoms with Gasteiger partial charge in [0.05, 0.1) is 5.60 Å².